The molecule has 0 saturated heterocycles. The lowest BCUT2D eigenvalue weighted by Gasteiger charge is -2.05. The van der Waals surface area contributed by atoms with Crippen LogP contribution in [0.5, 0.6) is 0 Å². The van der Waals surface area contributed by atoms with Crippen molar-refractivity contribution in [1.82, 2.24) is 9.97 Å². The van der Waals surface area contributed by atoms with Crippen molar-refractivity contribution in [2.24, 2.45) is 0 Å². The highest BCUT2D eigenvalue weighted by Gasteiger charge is 2.09. The van der Waals surface area contributed by atoms with Crippen LogP contribution in [-0.2, 0) is 6.42 Å². The largest absolute Gasteiger partial charge is 0.301 e. The number of thioether (sulfide) groups is 1. The molecule has 0 radical (unpaired) electrons. The van der Waals surface area contributed by atoms with Gasteiger partial charge in [0.1, 0.15) is 0 Å². The molecule has 0 fully saturated rings. The third-order valence-corrected chi connectivity index (χ3v) is 4.32. The molecular weight excluding hydrogens is 296 g/mol. The molecule has 116 valence electrons. The van der Waals surface area contributed by atoms with E-state index in [0.29, 0.717) is 10.7 Å². The number of carbonyl (C=O) groups excluding carboxylic acids is 1. The van der Waals surface area contributed by atoms with Crippen LogP contribution in [0.3, 0.4) is 0 Å². The Morgan fingerprint density at radius 2 is 2.00 bits per heavy atom. The van der Waals surface area contributed by atoms with Gasteiger partial charge in [-0.05, 0) is 37.5 Å². The normalized spacial score (nSPS) is 10.7. The van der Waals surface area contributed by atoms with Gasteiger partial charge in [0, 0.05) is 17.3 Å². The number of benzene rings is 1. The molecule has 0 unspecified atom stereocenters. The van der Waals surface area contributed by atoms with E-state index in [9.17, 15) is 9.59 Å². The molecule has 0 atom stereocenters. The van der Waals surface area contributed by atoms with E-state index in [1.807, 2.05) is 39.0 Å². The lowest BCUT2D eigenvalue weighted by atomic mass is 10.0. The first kappa shape index (κ1) is 16.5. The SMILES string of the molecule is CCCc1cc(=O)[nH]c(SCC(=O)c2ccc(C)c(C)c2)n1. The fourth-order valence-electron chi connectivity index (χ4n) is 2.07. The van der Waals surface area contributed by atoms with E-state index in [4.69, 9.17) is 0 Å². The lowest BCUT2D eigenvalue weighted by Crippen LogP contribution is -2.11. The molecule has 4 nitrogen and oxygen atoms in total. The molecule has 0 amide bonds. The number of aromatic amines is 1. The summed E-state index contributed by atoms with van der Waals surface area (Å²) in [5.74, 6) is 0.303. The third kappa shape index (κ3) is 4.31. The highest BCUT2D eigenvalue weighted by Crippen LogP contribution is 2.16. The number of Topliss-reactive ketones (excluding diaryl/α,β-unsaturated/α-hetero) is 1. The summed E-state index contributed by atoms with van der Waals surface area (Å²) in [6.45, 7) is 6.05. The predicted octanol–water partition coefficient (Wildman–Crippen LogP) is 3.31. The van der Waals surface area contributed by atoms with E-state index in [2.05, 4.69) is 9.97 Å². The Morgan fingerprint density at radius 1 is 1.23 bits per heavy atom. The van der Waals surface area contributed by atoms with Gasteiger partial charge in [0.05, 0.1) is 5.75 Å². The number of nitrogens with zero attached hydrogens (tertiary/aromatic N) is 1. The minimum atomic E-state index is -0.167. The molecule has 1 aromatic carbocycles. The first-order chi connectivity index (χ1) is 10.5. The van der Waals surface area contributed by atoms with E-state index in [1.165, 1.54) is 23.4 Å². The van der Waals surface area contributed by atoms with Gasteiger partial charge in [-0.1, -0.05) is 37.2 Å². The molecule has 1 heterocycles. The van der Waals surface area contributed by atoms with Crippen LogP contribution in [0, 0.1) is 13.8 Å². The van der Waals surface area contributed by atoms with Crippen LogP contribution in [-0.4, -0.2) is 21.5 Å². The van der Waals surface area contributed by atoms with Crippen molar-refractivity contribution in [3.8, 4) is 0 Å². The number of carbonyl (C=O) groups is 1. The number of hydrogen-bond donors (Lipinski definition) is 1. The first-order valence-electron chi connectivity index (χ1n) is 7.33. The van der Waals surface area contributed by atoms with Gasteiger partial charge < -0.3 is 4.98 Å². The van der Waals surface area contributed by atoms with Crippen LogP contribution in [0.4, 0.5) is 0 Å². The van der Waals surface area contributed by atoms with E-state index in [0.717, 1.165) is 24.1 Å². The molecular formula is C17H20N2O2S. The second kappa shape index (κ2) is 7.40. The van der Waals surface area contributed by atoms with Gasteiger partial charge in [0.25, 0.3) is 5.56 Å². The number of aryl methyl sites for hydroxylation is 3. The average Bonchev–Trinajstić information content (AvgIpc) is 2.47. The predicted molar refractivity (Wildman–Crippen MR) is 89.8 cm³/mol. The summed E-state index contributed by atoms with van der Waals surface area (Å²) in [7, 11) is 0. The second-order valence-corrected chi connectivity index (χ2v) is 6.27. The van der Waals surface area contributed by atoms with E-state index in [-0.39, 0.29) is 17.1 Å². The molecule has 1 aromatic heterocycles. The number of hydrogen-bond acceptors (Lipinski definition) is 4. The number of rotatable bonds is 6. The minimum Gasteiger partial charge on any atom is -0.301 e. The summed E-state index contributed by atoms with van der Waals surface area (Å²) < 4.78 is 0. The minimum absolute atomic E-state index is 0.0386. The highest BCUT2D eigenvalue weighted by atomic mass is 32.2. The van der Waals surface area contributed by atoms with Gasteiger partial charge in [0.15, 0.2) is 10.9 Å². The quantitative estimate of drug-likeness (QED) is 0.504. The lowest BCUT2D eigenvalue weighted by molar-refractivity contribution is 0.102. The Balaban J connectivity index is 2.07. The Morgan fingerprint density at radius 3 is 2.68 bits per heavy atom. The smallest absolute Gasteiger partial charge is 0.251 e. The Bertz CT molecular complexity index is 738. The number of nitrogens with one attached hydrogen (secondary N) is 1. The standard InChI is InChI=1S/C17H20N2O2S/c1-4-5-14-9-16(21)19-17(18-14)22-10-15(20)13-7-6-11(2)12(3)8-13/h6-9H,4-5,10H2,1-3H3,(H,18,19,21). The monoisotopic (exact) mass is 316 g/mol. The number of ketones is 1. The average molecular weight is 316 g/mol. The zero-order chi connectivity index (χ0) is 16.1. The zero-order valence-corrected chi connectivity index (χ0v) is 13.9. The number of H-pyrrole nitrogens is 1. The molecule has 2 rings (SSSR count). The molecule has 0 saturated carbocycles. The Labute approximate surface area is 134 Å². The first-order valence-corrected chi connectivity index (χ1v) is 8.31. The van der Waals surface area contributed by atoms with Gasteiger partial charge in [-0.3, -0.25) is 9.59 Å². The van der Waals surface area contributed by atoms with Crippen LogP contribution in [0.1, 0.15) is 40.5 Å². The number of aromatic nitrogens is 2. The van der Waals surface area contributed by atoms with Crippen LogP contribution >= 0.6 is 11.8 Å². The van der Waals surface area contributed by atoms with Crippen molar-refractivity contribution in [2.45, 2.75) is 38.8 Å². The molecule has 22 heavy (non-hydrogen) atoms. The van der Waals surface area contributed by atoms with Crippen molar-refractivity contribution in [2.75, 3.05) is 5.75 Å². The van der Waals surface area contributed by atoms with Gasteiger partial charge in [-0.25, -0.2) is 4.98 Å². The molecule has 0 bridgehead atoms. The van der Waals surface area contributed by atoms with E-state index in [1.54, 1.807) is 0 Å². The van der Waals surface area contributed by atoms with Crippen LogP contribution in [0.2, 0.25) is 0 Å². The van der Waals surface area contributed by atoms with Crippen molar-refractivity contribution >= 4 is 17.5 Å². The Hall–Kier alpha value is -1.88. The summed E-state index contributed by atoms with van der Waals surface area (Å²) in [5, 5.41) is 0.508. The molecule has 0 spiro atoms. The van der Waals surface area contributed by atoms with Crippen LogP contribution < -0.4 is 5.56 Å². The fourth-order valence-corrected chi connectivity index (χ4v) is 2.86. The van der Waals surface area contributed by atoms with Gasteiger partial charge in [0.2, 0.25) is 0 Å². The maximum Gasteiger partial charge on any atom is 0.251 e. The van der Waals surface area contributed by atoms with Crippen molar-refractivity contribution in [1.29, 1.82) is 0 Å². The fraction of sp³-hybridized carbons (Fsp3) is 0.353. The molecule has 2 aromatic rings. The zero-order valence-electron chi connectivity index (χ0n) is 13.1. The van der Waals surface area contributed by atoms with Gasteiger partial charge in [-0.15, -0.1) is 0 Å². The summed E-state index contributed by atoms with van der Waals surface area (Å²) in [6.07, 6.45) is 1.70. The van der Waals surface area contributed by atoms with E-state index < -0.39 is 0 Å². The summed E-state index contributed by atoms with van der Waals surface area (Å²) in [5.41, 5.74) is 3.57. The van der Waals surface area contributed by atoms with Crippen molar-refractivity contribution in [3.63, 3.8) is 0 Å². The van der Waals surface area contributed by atoms with Gasteiger partial charge >= 0.3 is 0 Å². The van der Waals surface area contributed by atoms with Crippen LogP contribution in [0.15, 0.2) is 34.2 Å². The highest BCUT2D eigenvalue weighted by molar-refractivity contribution is 7.99. The molecule has 1 N–H and O–H groups in total. The summed E-state index contributed by atoms with van der Waals surface area (Å²) in [6, 6.07) is 7.21. The van der Waals surface area contributed by atoms with Crippen molar-refractivity contribution in [3.05, 3.63) is 57.0 Å². The molecule has 0 aliphatic heterocycles. The second-order valence-electron chi connectivity index (χ2n) is 5.30. The summed E-state index contributed by atoms with van der Waals surface area (Å²) in [4.78, 5) is 30.9. The van der Waals surface area contributed by atoms with Gasteiger partial charge in [-0.2, -0.15) is 0 Å². The van der Waals surface area contributed by atoms with Crippen LogP contribution in [0.25, 0.3) is 0 Å². The topological polar surface area (TPSA) is 62.8 Å². The maximum absolute atomic E-state index is 12.2. The molecule has 5 heteroatoms. The Kier molecular flexibility index (Phi) is 5.55. The maximum atomic E-state index is 12.2. The third-order valence-electron chi connectivity index (χ3n) is 3.45. The molecule has 0 aliphatic rings. The van der Waals surface area contributed by atoms with E-state index >= 15 is 0 Å². The molecule has 0 aliphatic carbocycles. The van der Waals surface area contributed by atoms with Crippen molar-refractivity contribution < 1.29 is 4.79 Å². The summed E-state index contributed by atoms with van der Waals surface area (Å²) >= 11 is 1.27.